The Labute approximate surface area is 146 Å². The molecule has 0 bridgehead atoms. The van der Waals surface area contributed by atoms with Crippen LogP contribution in [0.4, 0.5) is 0 Å². The number of nitrogens with one attached hydrogen (secondary N) is 1. The Morgan fingerprint density at radius 3 is 2.17 bits per heavy atom. The standard InChI is InChI=1S/C9H8I3NO4S/c10-6-3-5(4-7(11)8(6)12)9(14)13-1-2-18(15,16)17/h3-4H,1-2H2,(H,13,14)(H,15,16,17). The van der Waals surface area contributed by atoms with Crippen LogP contribution in [0.15, 0.2) is 12.1 Å². The number of hydrogen-bond acceptors (Lipinski definition) is 3. The average molecular weight is 607 g/mol. The van der Waals surface area contributed by atoms with E-state index in [-0.39, 0.29) is 12.5 Å². The van der Waals surface area contributed by atoms with Crippen molar-refractivity contribution >= 4 is 83.8 Å². The van der Waals surface area contributed by atoms with Gasteiger partial charge in [0.1, 0.15) is 0 Å². The number of halogens is 3. The van der Waals surface area contributed by atoms with E-state index in [1.807, 2.05) is 0 Å². The smallest absolute Gasteiger partial charge is 0.266 e. The lowest BCUT2D eigenvalue weighted by molar-refractivity contribution is 0.0956. The van der Waals surface area contributed by atoms with Crippen LogP contribution < -0.4 is 5.32 Å². The number of benzene rings is 1. The zero-order valence-corrected chi connectivity index (χ0v) is 16.1. The SMILES string of the molecule is O=C(NCCS(=O)(=O)O)c1cc(I)c(I)c(I)c1. The number of carbonyl (C=O) groups excluding carboxylic acids is 1. The van der Waals surface area contributed by atoms with Gasteiger partial charge in [-0.1, -0.05) is 0 Å². The quantitative estimate of drug-likeness (QED) is 0.313. The first kappa shape index (κ1) is 16.8. The molecule has 0 radical (unpaired) electrons. The van der Waals surface area contributed by atoms with Gasteiger partial charge >= 0.3 is 0 Å². The van der Waals surface area contributed by atoms with Crippen LogP contribution in [0.1, 0.15) is 10.4 Å². The molecule has 0 aliphatic heterocycles. The van der Waals surface area contributed by atoms with Crippen LogP contribution in [0, 0.1) is 10.7 Å². The maximum absolute atomic E-state index is 11.7. The van der Waals surface area contributed by atoms with E-state index >= 15 is 0 Å². The molecule has 0 spiro atoms. The van der Waals surface area contributed by atoms with Crippen molar-refractivity contribution < 1.29 is 17.8 Å². The summed E-state index contributed by atoms with van der Waals surface area (Å²) < 4.78 is 32.5. The molecule has 100 valence electrons. The Morgan fingerprint density at radius 1 is 1.22 bits per heavy atom. The van der Waals surface area contributed by atoms with Gasteiger partial charge in [-0.05, 0) is 79.9 Å². The van der Waals surface area contributed by atoms with Crippen LogP contribution in [-0.4, -0.2) is 31.2 Å². The minimum atomic E-state index is -4.04. The minimum absolute atomic E-state index is 0.114. The summed E-state index contributed by atoms with van der Waals surface area (Å²) in [5.74, 6) is -0.844. The maximum atomic E-state index is 11.7. The molecule has 2 N–H and O–H groups in total. The molecular weight excluding hydrogens is 599 g/mol. The van der Waals surface area contributed by atoms with E-state index in [2.05, 4.69) is 73.1 Å². The Bertz CT molecular complexity index is 550. The van der Waals surface area contributed by atoms with Gasteiger partial charge in [-0.3, -0.25) is 9.35 Å². The fourth-order valence-corrected chi connectivity index (χ4v) is 3.52. The molecule has 1 aromatic rings. The first-order valence-corrected chi connectivity index (χ1v) is 9.43. The highest BCUT2D eigenvalue weighted by molar-refractivity contribution is 14.1. The van der Waals surface area contributed by atoms with Crippen molar-refractivity contribution in [2.45, 2.75) is 0 Å². The number of carbonyl (C=O) groups is 1. The molecule has 0 aliphatic rings. The van der Waals surface area contributed by atoms with Gasteiger partial charge in [0.05, 0.1) is 5.75 Å². The maximum Gasteiger partial charge on any atom is 0.266 e. The second-order valence-corrected chi connectivity index (χ2v) is 8.27. The fourth-order valence-electron chi connectivity index (χ4n) is 1.08. The molecule has 0 atom stereocenters. The third-order valence-electron chi connectivity index (χ3n) is 1.89. The molecule has 0 aliphatic carbocycles. The van der Waals surface area contributed by atoms with Crippen molar-refractivity contribution in [3.63, 3.8) is 0 Å². The summed E-state index contributed by atoms with van der Waals surface area (Å²) >= 11 is 6.45. The summed E-state index contributed by atoms with van der Waals surface area (Å²) in [4.78, 5) is 11.7. The molecule has 0 saturated carbocycles. The Hall–Kier alpha value is 0.790. The van der Waals surface area contributed by atoms with Crippen molar-refractivity contribution in [2.24, 2.45) is 0 Å². The summed E-state index contributed by atoms with van der Waals surface area (Å²) in [5.41, 5.74) is 0.472. The molecule has 18 heavy (non-hydrogen) atoms. The summed E-state index contributed by atoms with van der Waals surface area (Å²) in [6.07, 6.45) is 0. The normalized spacial score (nSPS) is 11.3. The summed E-state index contributed by atoms with van der Waals surface area (Å²) in [7, 11) is -4.04. The fraction of sp³-hybridized carbons (Fsp3) is 0.222. The van der Waals surface area contributed by atoms with Crippen molar-refractivity contribution in [1.82, 2.24) is 5.32 Å². The van der Waals surface area contributed by atoms with Gasteiger partial charge in [0.15, 0.2) is 0 Å². The van der Waals surface area contributed by atoms with Crippen LogP contribution in [0.5, 0.6) is 0 Å². The molecule has 0 unspecified atom stereocenters. The van der Waals surface area contributed by atoms with E-state index < -0.39 is 15.9 Å². The highest BCUT2D eigenvalue weighted by atomic mass is 127. The molecule has 1 rings (SSSR count). The minimum Gasteiger partial charge on any atom is -0.351 e. The lowest BCUT2D eigenvalue weighted by Gasteiger charge is -2.07. The van der Waals surface area contributed by atoms with Crippen molar-refractivity contribution in [3.05, 3.63) is 28.4 Å². The first-order chi connectivity index (χ1) is 8.20. The molecular formula is C9H8I3NO4S. The van der Waals surface area contributed by atoms with Gasteiger partial charge < -0.3 is 5.32 Å². The Kier molecular flexibility index (Phi) is 6.54. The number of hydrogen-bond donors (Lipinski definition) is 2. The third kappa shape index (κ3) is 5.42. The largest absolute Gasteiger partial charge is 0.351 e. The highest BCUT2D eigenvalue weighted by Crippen LogP contribution is 2.23. The van der Waals surface area contributed by atoms with Crippen molar-refractivity contribution in [1.29, 1.82) is 0 Å². The zero-order chi connectivity index (χ0) is 13.9. The van der Waals surface area contributed by atoms with E-state index in [1.54, 1.807) is 12.1 Å². The van der Waals surface area contributed by atoms with E-state index in [9.17, 15) is 13.2 Å². The monoisotopic (exact) mass is 607 g/mol. The number of rotatable bonds is 4. The highest BCUT2D eigenvalue weighted by Gasteiger charge is 2.12. The van der Waals surface area contributed by atoms with Gasteiger partial charge in [0.25, 0.3) is 16.0 Å². The second kappa shape index (κ2) is 6.99. The van der Waals surface area contributed by atoms with Gasteiger partial charge in [0, 0.05) is 22.8 Å². The van der Waals surface area contributed by atoms with Crippen LogP contribution >= 0.6 is 67.8 Å². The first-order valence-electron chi connectivity index (χ1n) is 4.58. The topological polar surface area (TPSA) is 83.5 Å². The lowest BCUT2D eigenvalue weighted by Crippen LogP contribution is -2.29. The summed E-state index contributed by atoms with van der Waals surface area (Å²) in [6, 6.07) is 3.46. The molecule has 0 saturated heterocycles. The molecule has 0 heterocycles. The molecule has 0 aromatic heterocycles. The Balaban J connectivity index is 2.74. The Morgan fingerprint density at radius 2 is 1.72 bits per heavy atom. The van der Waals surface area contributed by atoms with Crippen molar-refractivity contribution in [3.8, 4) is 0 Å². The molecule has 1 aromatic carbocycles. The molecule has 5 nitrogen and oxygen atoms in total. The summed E-state index contributed by atoms with van der Waals surface area (Å²) in [6.45, 7) is -0.114. The van der Waals surface area contributed by atoms with Crippen LogP contribution in [0.25, 0.3) is 0 Å². The van der Waals surface area contributed by atoms with Crippen LogP contribution in [0.2, 0.25) is 0 Å². The molecule has 1 amide bonds. The molecule has 9 heteroatoms. The van der Waals surface area contributed by atoms with Crippen LogP contribution in [0.3, 0.4) is 0 Å². The predicted octanol–water partition coefficient (Wildman–Crippen LogP) is 2.12. The van der Waals surface area contributed by atoms with E-state index in [1.165, 1.54) is 0 Å². The van der Waals surface area contributed by atoms with Gasteiger partial charge in [0.2, 0.25) is 0 Å². The predicted molar refractivity (Wildman–Crippen MR) is 93.3 cm³/mol. The van der Waals surface area contributed by atoms with Gasteiger partial charge in [-0.25, -0.2) is 0 Å². The summed E-state index contributed by atoms with van der Waals surface area (Å²) in [5, 5.41) is 2.44. The van der Waals surface area contributed by atoms with E-state index in [4.69, 9.17) is 4.55 Å². The average Bonchev–Trinajstić information content (AvgIpc) is 2.23. The van der Waals surface area contributed by atoms with E-state index in [0.717, 1.165) is 10.7 Å². The van der Waals surface area contributed by atoms with Crippen LogP contribution in [-0.2, 0) is 10.1 Å². The lowest BCUT2D eigenvalue weighted by atomic mass is 10.2. The van der Waals surface area contributed by atoms with Gasteiger partial charge in [-0.2, -0.15) is 8.42 Å². The van der Waals surface area contributed by atoms with Gasteiger partial charge in [-0.15, -0.1) is 0 Å². The number of amides is 1. The van der Waals surface area contributed by atoms with Crippen molar-refractivity contribution in [2.75, 3.05) is 12.3 Å². The zero-order valence-electron chi connectivity index (χ0n) is 8.78. The second-order valence-electron chi connectivity index (χ2n) is 3.30. The molecule has 0 fully saturated rings. The third-order valence-corrected chi connectivity index (χ3v) is 7.54. The van der Waals surface area contributed by atoms with E-state index in [0.29, 0.717) is 5.56 Å².